The minimum atomic E-state index is -5.08. The summed E-state index contributed by atoms with van der Waals surface area (Å²) >= 11 is 1.82. The number of piperidine rings is 1. The van der Waals surface area contributed by atoms with E-state index in [9.17, 15) is 13.2 Å². The zero-order chi connectivity index (χ0) is 22.3. The van der Waals surface area contributed by atoms with Crippen molar-refractivity contribution in [3.63, 3.8) is 0 Å². The van der Waals surface area contributed by atoms with Crippen molar-refractivity contribution in [2.24, 2.45) is 5.92 Å². The standard InChI is InChI=1S/C17H25N5S.C2HF3O2/c1-17(2,3)13-7-11-14(23-13)15(21-16(18)20-11)22-8-10-5-4-6-19-12(10)9-22;3-2(4,5)1(6)7/h7,10,12,19H,4-6,8-9H2,1-3H3,(H2,18,20,21);(H,6,7). The molecule has 0 aromatic carbocycles. The fraction of sp³-hybridized carbons (Fsp3) is 0.632. The zero-order valence-corrected chi connectivity index (χ0v) is 17.9. The number of thiophene rings is 1. The maximum Gasteiger partial charge on any atom is 0.490 e. The number of carbonyl (C=O) groups is 1. The van der Waals surface area contributed by atoms with Crippen LogP contribution in [0.5, 0.6) is 0 Å². The van der Waals surface area contributed by atoms with Crippen LogP contribution in [0.4, 0.5) is 24.9 Å². The summed E-state index contributed by atoms with van der Waals surface area (Å²) in [7, 11) is 0. The number of carboxylic acids is 1. The van der Waals surface area contributed by atoms with Crippen molar-refractivity contribution < 1.29 is 23.1 Å². The SMILES string of the molecule is CC(C)(C)c1cc2nc(N)nc(N3CC4CCCNC4C3)c2s1.O=C(O)C(F)(F)F. The second kappa shape index (κ2) is 8.18. The molecule has 7 nitrogen and oxygen atoms in total. The Labute approximate surface area is 176 Å². The molecule has 2 unspecified atom stereocenters. The van der Waals surface area contributed by atoms with E-state index in [1.807, 2.05) is 11.3 Å². The summed E-state index contributed by atoms with van der Waals surface area (Å²) in [5.41, 5.74) is 7.11. The predicted octanol–water partition coefficient (Wildman–Crippen LogP) is 3.39. The summed E-state index contributed by atoms with van der Waals surface area (Å²) in [5.74, 6) is -0.609. The Morgan fingerprint density at radius 1 is 1.30 bits per heavy atom. The molecule has 0 saturated carbocycles. The minimum absolute atomic E-state index is 0.123. The largest absolute Gasteiger partial charge is 0.490 e. The van der Waals surface area contributed by atoms with Gasteiger partial charge >= 0.3 is 12.1 Å². The van der Waals surface area contributed by atoms with Crippen LogP contribution in [0.1, 0.15) is 38.5 Å². The number of halogens is 3. The number of nitrogens with zero attached hydrogens (tertiary/aromatic N) is 3. The van der Waals surface area contributed by atoms with Gasteiger partial charge in [0.05, 0.1) is 10.2 Å². The molecule has 0 spiro atoms. The second-order valence-electron chi connectivity index (χ2n) is 8.65. The number of carboxylic acid groups (broad SMARTS) is 1. The van der Waals surface area contributed by atoms with Gasteiger partial charge in [0.2, 0.25) is 5.95 Å². The molecule has 0 radical (unpaired) electrons. The summed E-state index contributed by atoms with van der Waals surface area (Å²) in [6.45, 7) is 9.96. The Morgan fingerprint density at radius 2 is 1.97 bits per heavy atom. The average molecular weight is 446 g/mol. The molecular weight excluding hydrogens is 419 g/mol. The van der Waals surface area contributed by atoms with Gasteiger partial charge in [-0.1, -0.05) is 20.8 Å². The topological polar surface area (TPSA) is 104 Å². The Kier molecular flexibility index (Phi) is 6.15. The van der Waals surface area contributed by atoms with Crippen LogP contribution < -0.4 is 16.0 Å². The van der Waals surface area contributed by atoms with Crippen LogP contribution in [0, 0.1) is 5.92 Å². The van der Waals surface area contributed by atoms with E-state index in [4.69, 9.17) is 15.6 Å². The lowest BCUT2D eigenvalue weighted by atomic mass is 9.94. The van der Waals surface area contributed by atoms with Crippen LogP contribution in [-0.2, 0) is 10.2 Å². The first-order valence-electron chi connectivity index (χ1n) is 9.72. The summed E-state index contributed by atoms with van der Waals surface area (Å²) in [6.07, 6.45) is -2.49. The van der Waals surface area contributed by atoms with E-state index in [1.54, 1.807) is 0 Å². The molecule has 2 aromatic heterocycles. The zero-order valence-electron chi connectivity index (χ0n) is 17.1. The van der Waals surface area contributed by atoms with Crippen molar-refractivity contribution in [1.29, 1.82) is 0 Å². The second-order valence-corrected chi connectivity index (χ2v) is 9.70. The number of fused-ring (bicyclic) bond motifs is 2. The van der Waals surface area contributed by atoms with Crippen LogP contribution in [0.25, 0.3) is 10.2 Å². The molecule has 2 saturated heterocycles. The number of aliphatic carboxylic acids is 1. The molecular formula is C19H26F3N5O2S. The number of rotatable bonds is 1. The molecule has 166 valence electrons. The highest BCUT2D eigenvalue weighted by Gasteiger charge is 2.38. The lowest BCUT2D eigenvalue weighted by molar-refractivity contribution is -0.192. The Balaban J connectivity index is 0.000000318. The van der Waals surface area contributed by atoms with Gasteiger partial charge in [-0.15, -0.1) is 11.3 Å². The molecule has 0 amide bonds. The quantitative estimate of drug-likeness (QED) is 0.618. The molecule has 4 rings (SSSR count). The third-order valence-electron chi connectivity index (χ3n) is 5.25. The number of nitrogens with two attached hydrogens (primary N) is 1. The third-order valence-corrected chi connectivity index (χ3v) is 6.80. The van der Waals surface area contributed by atoms with Crippen molar-refractivity contribution in [3.8, 4) is 0 Å². The highest BCUT2D eigenvalue weighted by Crippen LogP contribution is 2.39. The van der Waals surface area contributed by atoms with Gasteiger partial charge in [-0.05, 0) is 36.8 Å². The van der Waals surface area contributed by atoms with Crippen LogP contribution >= 0.6 is 11.3 Å². The molecule has 4 heterocycles. The smallest absolute Gasteiger partial charge is 0.475 e. The maximum atomic E-state index is 10.6. The Bertz CT molecular complexity index is 911. The summed E-state index contributed by atoms with van der Waals surface area (Å²) in [6, 6.07) is 2.78. The fourth-order valence-electron chi connectivity index (χ4n) is 3.74. The first-order valence-corrected chi connectivity index (χ1v) is 10.5. The van der Waals surface area contributed by atoms with Crippen molar-refractivity contribution in [2.75, 3.05) is 30.3 Å². The van der Waals surface area contributed by atoms with E-state index >= 15 is 0 Å². The average Bonchev–Trinajstić information content (AvgIpc) is 3.24. The summed E-state index contributed by atoms with van der Waals surface area (Å²) in [5, 5.41) is 10.8. The first-order chi connectivity index (χ1) is 13.9. The number of nitrogens with one attached hydrogen (secondary N) is 1. The first kappa shape index (κ1) is 22.5. The van der Waals surface area contributed by atoms with Gasteiger partial charge in [-0.25, -0.2) is 9.78 Å². The molecule has 4 N–H and O–H groups in total. The Hall–Kier alpha value is -2.14. The lowest BCUT2D eigenvalue weighted by Gasteiger charge is -2.24. The number of hydrogen-bond acceptors (Lipinski definition) is 7. The van der Waals surface area contributed by atoms with E-state index in [1.165, 1.54) is 22.4 Å². The Morgan fingerprint density at radius 3 is 2.53 bits per heavy atom. The summed E-state index contributed by atoms with van der Waals surface area (Å²) in [4.78, 5) is 21.7. The van der Waals surface area contributed by atoms with E-state index in [0.29, 0.717) is 12.0 Å². The molecule has 2 aromatic rings. The number of aromatic nitrogens is 2. The minimum Gasteiger partial charge on any atom is -0.475 e. The van der Waals surface area contributed by atoms with Gasteiger partial charge in [-0.2, -0.15) is 18.2 Å². The van der Waals surface area contributed by atoms with E-state index in [0.717, 1.165) is 36.9 Å². The van der Waals surface area contributed by atoms with Gasteiger partial charge in [0, 0.05) is 24.0 Å². The van der Waals surface area contributed by atoms with Crippen LogP contribution in [0.3, 0.4) is 0 Å². The third kappa shape index (κ3) is 4.94. The van der Waals surface area contributed by atoms with Gasteiger partial charge in [0.1, 0.15) is 0 Å². The van der Waals surface area contributed by atoms with Crippen LogP contribution in [-0.4, -0.2) is 52.9 Å². The van der Waals surface area contributed by atoms with E-state index in [-0.39, 0.29) is 5.41 Å². The normalized spacial score (nSPS) is 21.9. The molecule has 0 aliphatic carbocycles. The molecule has 2 aliphatic heterocycles. The van der Waals surface area contributed by atoms with Crippen molar-refractivity contribution >= 4 is 39.3 Å². The van der Waals surface area contributed by atoms with E-state index in [2.05, 4.69) is 47.0 Å². The lowest BCUT2D eigenvalue weighted by Crippen LogP contribution is -2.40. The number of hydrogen-bond donors (Lipinski definition) is 3. The summed E-state index contributed by atoms with van der Waals surface area (Å²) < 4.78 is 32.9. The number of alkyl halides is 3. The predicted molar refractivity (Wildman–Crippen MR) is 111 cm³/mol. The van der Waals surface area contributed by atoms with Crippen molar-refractivity contribution in [2.45, 2.75) is 51.2 Å². The van der Waals surface area contributed by atoms with Crippen molar-refractivity contribution in [3.05, 3.63) is 10.9 Å². The molecule has 2 aliphatic rings. The maximum absolute atomic E-state index is 10.6. The van der Waals surface area contributed by atoms with Gasteiger partial charge < -0.3 is 21.1 Å². The highest BCUT2D eigenvalue weighted by molar-refractivity contribution is 7.19. The monoisotopic (exact) mass is 445 g/mol. The van der Waals surface area contributed by atoms with Gasteiger partial charge in [0.25, 0.3) is 0 Å². The number of nitrogen functional groups attached to an aromatic ring is 1. The van der Waals surface area contributed by atoms with E-state index < -0.39 is 12.1 Å². The molecule has 2 atom stereocenters. The highest BCUT2D eigenvalue weighted by atomic mass is 32.1. The fourth-order valence-corrected chi connectivity index (χ4v) is 4.91. The molecule has 2 fully saturated rings. The number of anilines is 2. The van der Waals surface area contributed by atoms with Gasteiger partial charge in [-0.3, -0.25) is 0 Å². The van der Waals surface area contributed by atoms with Crippen LogP contribution in [0.15, 0.2) is 6.07 Å². The molecule has 0 bridgehead atoms. The molecule has 11 heteroatoms. The molecule has 30 heavy (non-hydrogen) atoms. The van der Waals surface area contributed by atoms with Crippen molar-refractivity contribution in [1.82, 2.24) is 15.3 Å². The van der Waals surface area contributed by atoms with Crippen LogP contribution in [0.2, 0.25) is 0 Å². The van der Waals surface area contributed by atoms with Gasteiger partial charge in [0.15, 0.2) is 5.82 Å².